The van der Waals surface area contributed by atoms with Crippen molar-refractivity contribution in [2.45, 2.75) is 33.0 Å². The molecule has 7 nitrogen and oxygen atoms in total. The number of hydrogen-bond acceptors (Lipinski definition) is 4. The molecule has 0 fully saturated rings. The molecule has 3 aromatic carbocycles. The molecule has 44 heavy (non-hydrogen) atoms. The summed E-state index contributed by atoms with van der Waals surface area (Å²) >= 11 is 18.3. The molecule has 0 spiro atoms. The fourth-order valence-electron chi connectivity index (χ4n) is 3.50. The Bertz CT molecular complexity index is 1580. The molecule has 0 saturated carbocycles. The Kier molecular flexibility index (Phi) is 11.0. The predicted octanol–water partition coefficient (Wildman–Crippen LogP) is 8.14. The van der Waals surface area contributed by atoms with Crippen LogP contribution in [-0.2, 0) is 11.3 Å². The number of anilines is 2. The topological polar surface area (TPSA) is 96.5 Å². The monoisotopic (exact) mass is 683 g/mol. The summed E-state index contributed by atoms with van der Waals surface area (Å²) in [6, 6.07) is 9.33. The number of carbonyl (C=O) groups excluding carboxylic acids is 3. The van der Waals surface area contributed by atoms with Crippen LogP contribution in [0.25, 0.3) is 0 Å². The number of nitrogens with one attached hydrogen (secondary N) is 3. The Labute approximate surface area is 261 Å². The molecule has 0 aliphatic carbocycles. The molecule has 236 valence electrons. The van der Waals surface area contributed by atoms with E-state index in [2.05, 4.69) is 16.0 Å². The largest absolute Gasteiger partial charge is 0.487 e. The van der Waals surface area contributed by atoms with Crippen LogP contribution in [-0.4, -0.2) is 36.9 Å². The lowest BCUT2D eigenvalue weighted by atomic mass is 9.91. The van der Waals surface area contributed by atoms with Crippen LogP contribution in [0.4, 0.5) is 37.7 Å². The maximum absolute atomic E-state index is 13.5. The first-order valence-corrected chi connectivity index (χ1v) is 13.5. The molecular formula is C28H22Cl3F6N3O4. The molecule has 3 amide bonds. The van der Waals surface area contributed by atoms with Crippen molar-refractivity contribution in [2.75, 3.05) is 17.2 Å². The number of amides is 3. The van der Waals surface area contributed by atoms with E-state index in [4.69, 9.17) is 39.5 Å². The molecule has 16 heteroatoms. The molecule has 0 heterocycles. The standard InChI is InChI=1S/C28H22Cl3F6N3O4/c1-27(2,28(35,36)37)26(43)38-11-13-3-6-17(29)22(23(13)31)25(42)40-14-5-8-20(44-12-21(33)34)16(9-14)24(41)39-15-4-7-19(32)18(30)10-15/h3-10,21H,11-12H2,1-2H3,(H,38,43)(H,39,41)(H,40,42). The van der Waals surface area contributed by atoms with Gasteiger partial charge in [0.15, 0.2) is 0 Å². The summed E-state index contributed by atoms with van der Waals surface area (Å²) < 4.78 is 83.8. The quantitative estimate of drug-likeness (QED) is 0.188. The van der Waals surface area contributed by atoms with Crippen molar-refractivity contribution < 1.29 is 45.5 Å². The second-order valence-electron chi connectivity index (χ2n) is 9.65. The van der Waals surface area contributed by atoms with Crippen molar-refractivity contribution in [2.24, 2.45) is 5.41 Å². The lowest BCUT2D eigenvalue weighted by Gasteiger charge is -2.26. The Morgan fingerprint density at radius 2 is 1.48 bits per heavy atom. The van der Waals surface area contributed by atoms with Crippen LogP contribution in [0.5, 0.6) is 5.75 Å². The van der Waals surface area contributed by atoms with E-state index in [1.807, 2.05) is 0 Å². The van der Waals surface area contributed by atoms with Gasteiger partial charge in [-0.15, -0.1) is 0 Å². The van der Waals surface area contributed by atoms with Gasteiger partial charge in [-0.25, -0.2) is 13.2 Å². The second kappa shape index (κ2) is 14.0. The third-order valence-corrected chi connectivity index (χ3v) is 7.17. The van der Waals surface area contributed by atoms with E-state index in [1.54, 1.807) is 0 Å². The van der Waals surface area contributed by atoms with Gasteiger partial charge < -0.3 is 20.7 Å². The van der Waals surface area contributed by atoms with E-state index in [9.17, 15) is 40.7 Å². The van der Waals surface area contributed by atoms with Gasteiger partial charge in [-0.3, -0.25) is 14.4 Å². The van der Waals surface area contributed by atoms with E-state index in [1.165, 1.54) is 24.3 Å². The van der Waals surface area contributed by atoms with Crippen molar-refractivity contribution in [3.05, 3.63) is 86.1 Å². The number of halogens is 9. The Hall–Kier alpha value is -3.68. The minimum atomic E-state index is -4.83. The summed E-state index contributed by atoms with van der Waals surface area (Å²) in [4.78, 5) is 38.4. The first kappa shape index (κ1) is 34.8. The first-order chi connectivity index (χ1) is 20.4. The lowest BCUT2D eigenvalue weighted by molar-refractivity contribution is -0.211. The van der Waals surface area contributed by atoms with Crippen LogP contribution in [0.15, 0.2) is 48.5 Å². The first-order valence-electron chi connectivity index (χ1n) is 12.4. The zero-order valence-corrected chi connectivity index (χ0v) is 24.9. The van der Waals surface area contributed by atoms with Crippen LogP contribution < -0.4 is 20.7 Å². The van der Waals surface area contributed by atoms with Crippen LogP contribution >= 0.6 is 34.8 Å². The van der Waals surface area contributed by atoms with Crippen molar-refractivity contribution in [3.63, 3.8) is 0 Å². The van der Waals surface area contributed by atoms with Crippen molar-refractivity contribution >= 4 is 63.9 Å². The van der Waals surface area contributed by atoms with Crippen molar-refractivity contribution in [1.82, 2.24) is 5.32 Å². The third-order valence-electron chi connectivity index (χ3n) is 6.14. The lowest BCUT2D eigenvalue weighted by Crippen LogP contribution is -2.46. The van der Waals surface area contributed by atoms with Gasteiger partial charge in [0.1, 0.15) is 23.6 Å². The summed E-state index contributed by atoms with van der Waals surface area (Å²) in [5.41, 5.74) is -3.22. The number of ether oxygens (including phenoxy) is 1. The van der Waals surface area contributed by atoms with E-state index < -0.39 is 54.7 Å². The highest BCUT2D eigenvalue weighted by Crippen LogP contribution is 2.38. The van der Waals surface area contributed by atoms with E-state index in [0.717, 1.165) is 24.3 Å². The highest BCUT2D eigenvalue weighted by atomic mass is 35.5. The summed E-state index contributed by atoms with van der Waals surface area (Å²) in [7, 11) is 0. The van der Waals surface area contributed by atoms with Gasteiger partial charge in [-0.1, -0.05) is 40.9 Å². The highest BCUT2D eigenvalue weighted by Gasteiger charge is 2.52. The Morgan fingerprint density at radius 1 is 0.864 bits per heavy atom. The summed E-state index contributed by atoms with van der Waals surface area (Å²) in [6.07, 6.45) is -7.70. The van der Waals surface area contributed by atoms with Gasteiger partial charge in [-0.2, -0.15) is 13.2 Å². The molecule has 3 rings (SSSR count). The van der Waals surface area contributed by atoms with Gasteiger partial charge in [0, 0.05) is 17.9 Å². The van der Waals surface area contributed by atoms with E-state index in [-0.39, 0.29) is 48.9 Å². The van der Waals surface area contributed by atoms with Gasteiger partial charge in [0.05, 0.1) is 26.2 Å². The van der Waals surface area contributed by atoms with Crippen molar-refractivity contribution in [3.8, 4) is 5.75 Å². The molecule has 0 aliphatic heterocycles. The predicted molar refractivity (Wildman–Crippen MR) is 153 cm³/mol. The molecule has 0 saturated heterocycles. The molecule has 0 bridgehead atoms. The summed E-state index contributed by atoms with van der Waals surface area (Å²) in [6.45, 7) is -0.110. The summed E-state index contributed by atoms with van der Waals surface area (Å²) in [5.74, 6) is -4.15. The zero-order chi connectivity index (χ0) is 33.0. The number of alkyl halides is 5. The molecule has 3 aromatic rings. The van der Waals surface area contributed by atoms with Crippen LogP contribution in [0.2, 0.25) is 15.1 Å². The zero-order valence-electron chi connectivity index (χ0n) is 22.6. The normalized spacial score (nSPS) is 11.7. The molecule has 0 aliphatic rings. The van der Waals surface area contributed by atoms with E-state index in [0.29, 0.717) is 13.8 Å². The van der Waals surface area contributed by atoms with Gasteiger partial charge in [0.25, 0.3) is 18.2 Å². The average Bonchev–Trinajstić information content (AvgIpc) is 2.93. The second-order valence-corrected chi connectivity index (χ2v) is 10.8. The highest BCUT2D eigenvalue weighted by molar-refractivity contribution is 6.41. The molecule has 0 atom stereocenters. The van der Waals surface area contributed by atoms with Crippen molar-refractivity contribution in [1.29, 1.82) is 0 Å². The smallest absolute Gasteiger partial charge is 0.402 e. The van der Waals surface area contributed by atoms with Gasteiger partial charge in [0.2, 0.25) is 5.91 Å². The SMILES string of the molecule is CC(C)(C(=O)NCc1ccc(Cl)c(C(=O)Nc2ccc(OCC(F)F)c(C(=O)Nc3ccc(F)c(Cl)c3)c2)c1Cl)C(F)(F)F. The Morgan fingerprint density at radius 3 is 2.09 bits per heavy atom. The van der Waals surface area contributed by atoms with Gasteiger partial charge in [-0.05, 0) is 61.9 Å². The number of hydrogen-bond donors (Lipinski definition) is 3. The fraction of sp³-hybridized carbons (Fsp3) is 0.250. The minimum absolute atomic E-state index is 0.0422. The average molecular weight is 685 g/mol. The molecule has 3 N–H and O–H groups in total. The summed E-state index contributed by atoms with van der Waals surface area (Å²) in [5, 5.41) is 6.28. The maximum Gasteiger partial charge on any atom is 0.402 e. The Balaban J connectivity index is 1.87. The minimum Gasteiger partial charge on any atom is -0.487 e. The van der Waals surface area contributed by atoms with Crippen LogP contribution in [0, 0.1) is 11.2 Å². The van der Waals surface area contributed by atoms with Crippen LogP contribution in [0.3, 0.4) is 0 Å². The molecule has 0 aromatic heterocycles. The number of carbonyl (C=O) groups is 3. The molecular weight excluding hydrogens is 663 g/mol. The molecule has 0 radical (unpaired) electrons. The molecule has 0 unspecified atom stereocenters. The van der Waals surface area contributed by atoms with E-state index >= 15 is 0 Å². The third kappa shape index (κ3) is 8.27. The maximum atomic E-state index is 13.5. The van der Waals surface area contributed by atoms with Crippen LogP contribution in [0.1, 0.15) is 40.1 Å². The van der Waals surface area contributed by atoms with Gasteiger partial charge >= 0.3 is 6.18 Å². The number of benzene rings is 3. The fourth-order valence-corrected chi connectivity index (χ4v) is 4.28. The number of rotatable bonds is 10.